The second kappa shape index (κ2) is 15.1. The van der Waals surface area contributed by atoms with E-state index in [9.17, 15) is 10.2 Å². The number of unbranched alkanes of at least 4 members (excludes halogenated alkanes) is 3. The molecule has 222 valence electrons. The van der Waals surface area contributed by atoms with Crippen LogP contribution < -0.4 is 14.2 Å². The molecule has 0 atom stereocenters. The number of phenols is 2. The van der Waals surface area contributed by atoms with Gasteiger partial charge < -0.3 is 24.4 Å². The van der Waals surface area contributed by atoms with E-state index in [0.717, 1.165) is 44.1 Å². The van der Waals surface area contributed by atoms with Crippen LogP contribution in [0.4, 0.5) is 0 Å². The highest BCUT2D eigenvalue weighted by Crippen LogP contribution is 2.37. The molecule has 0 aliphatic carbocycles. The maximum atomic E-state index is 11.0. The molecule has 0 saturated carbocycles. The number of aryl methyl sites for hydroxylation is 1. The summed E-state index contributed by atoms with van der Waals surface area (Å²) in [6.45, 7) is 9.96. The standard InChI is InChI=1S/C34H41N3O5/c1-5-8-17-40-24-12-15-27(30(39)21-24)33-35-32(26-14-11-23(4)20-29(26)38)36-34(37-33)28-16-13-25(41-18-9-6-2)22-31(28)42-19-10-7-3/h11-16,20-22,38-39H,5-10,17-19H2,1-4H3. The van der Waals surface area contributed by atoms with Gasteiger partial charge in [-0.3, -0.25) is 0 Å². The van der Waals surface area contributed by atoms with E-state index in [4.69, 9.17) is 24.2 Å². The lowest BCUT2D eigenvalue weighted by atomic mass is 10.1. The molecule has 0 saturated heterocycles. The van der Waals surface area contributed by atoms with E-state index in [1.54, 1.807) is 30.3 Å². The number of hydrogen-bond donors (Lipinski definition) is 2. The molecule has 8 nitrogen and oxygen atoms in total. The van der Waals surface area contributed by atoms with Crippen LogP contribution in [0.3, 0.4) is 0 Å². The Morgan fingerprint density at radius 2 is 1.00 bits per heavy atom. The zero-order valence-corrected chi connectivity index (χ0v) is 25.0. The Hall–Kier alpha value is -4.33. The summed E-state index contributed by atoms with van der Waals surface area (Å²) in [7, 11) is 0. The number of rotatable bonds is 15. The molecular formula is C34H41N3O5. The van der Waals surface area contributed by atoms with Gasteiger partial charge in [-0.15, -0.1) is 0 Å². The Labute approximate surface area is 248 Å². The molecule has 0 radical (unpaired) electrons. The first-order chi connectivity index (χ1) is 20.4. The SMILES string of the molecule is CCCCOc1ccc(-c2nc(-c3ccc(C)cc3O)nc(-c3ccc(OCCCC)cc3OCCCC)n2)c(O)c1. The van der Waals surface area contributed by atoms with Crippen molar-refractivity contribution in [3.63, 3.8) is 0 Å². The van der Waals surface area contributed by atoms with Crippen LogP contribution >= 0.6 is 0 Å². The molecule has 0 aliphatic rings. The van der Waals surface area contributed by atoms with Gasteiger partial charge in [-0.2, -0.15) is 0 Å². The van der Waals surface area contributed by atoms with Crippen molar-refractivity contribution in [3.8, 4) is 62.9 Å². The van der Waals surface area contributed by atoms with Crippen LogP contribution in [0, 0.1) is 6.92 Å². The van der Waals surface area contributed by atoms with Crippen molar-refractivity contribution in [1.82, 2.24) is 15.0 Å². The summed E-state index contributed by atoms with van der Waals surface area (Å²) in [5.74, 6) is 2.80. The molecule has 0 amide bonds. The van der Waals surface area contributed by atoms with Crippen molar-refractivity contribution in [1.29, 1.82) is 0 Å². The van der Waals surface area contributed by atoms with Gasteiger partial charge in [0, 0.05) is 12.1 Å². The van der Waals surface area contributed by atoms with E-state index in [-0.39, 0.29) is 23.1 Å². The third-order valence-corrected chi connectivity index (χ3v) is 6.72. The molecule has 8 heteroatoms. The summed E-state index contributed by atoms with van der Waals surface area (Å²) in [5.41, 5.74) is 2.44. The van der Waals surface area contributed by atoms with Crippen molar-refractivity contribution in [2.24, 2.45) is 0 Å². The molecule has 3 aromatic carbocycles. The number of benzene rings is 3. The Balaban J connectivity index is 1.83. The highest BCUT2D eigenvalue weighted by molar-refractivity contribution is 5.74. The Bertz CT molecular complexity index is 1470. The average molecular weight is 572 g/mol. The van der Waals surface area contributed by atoms with Crippen LogP contribution in [0.15, 0.2) is 54.6 Å². The lowest BCUT2D eigenvalue weighted by Gasteiger charge is -2.15. The molecule has 42 heavy (non-hydrogen) atoms. The van der Waals surface area contributed by atoms with Gasteiger partial charge >= 0.3 is 0 Å². The van der Waals surface area contributed by atoms with Gasteiger partial charge in [0.25, 0.3) is 0 Å². The zero-order valence-electron chi connectivity index (χ0n) is 25.0. The number of ether oxygens (including phenoxy) is 3. The molecule has 4 aromatic rings. The lowest BCUT2D eigenvalue weighted by Crippen LogP contribution is -2.04. The van der Waals surface area contributed by atoms with Gasteiger partial charge in [-0.25, -0.2) is 15.0 Å². The summed E-state index contributed by atoms with van der Waals surface area (Å²) in [5, 5.41) is 21.8. The summed E-state index contributed by atoms with van der Waals surface area (Å²) >= 11 is 0. The fourth-order valence-electron chi connectivity index (χ4n) is 4.25. The van der Waals surface area contributed by atoms with Gasteiger partial charge in [-0.1, -0.05) is 46.1 Å². The zero-order chi connectivity index (χ0) is 29.9. The molecule has 1 aromatic heterocycles. The maximum absolute atomic E-state index is 11.0. The van der Waals surface area contributed by atoms with E-state index >= 15 is 0 Å². The van der Waals surface area contributed by atoms with E-state index < -0.39 is 0 Å². The van der Waals surface area contributed by atoms with Crippen LogP contribution in [0.1, 0.15) is 64.9 Å². The van der Waals surface area contributed by atoms with Crippen LogP contribution in [0.2, 0.25) is 0 Å². The molecule has 4 rings (SSSR count). The van der Waals surface area contributed by atoms with Gasteiger partial charge in [0.05, 0.1) is 36.5 Å². The molecule has 0 unspecified atom stereocenters. The fraction of sp³-hybridized carbons (Fsp3) is 0.382. The van der Waals surface area contributed by atoms with Crippen molar-refractivity contribution < 1.29 is 24.4 Å². The second-order valence-corrected chi connectivity index (χ2v) is 10.3. The summed E-state index contributed by atoms with van der Waals surface area (Å²) in [6.07, 6.45) is 5.83. The van der Waals surface area contributed by atoms with Crippen molar-refractivity contribution in [2.75, 3.05) is 19.8 Å². The molecule has 0 spiro atoms. The minimum Gasteiger partial charge on any atom is -0.507 e. The highest BCUT2D eigenvalue weighted by atomic mass is 16.5. The molecule has 1 heterocycles. The van der Waals surface area contributed by atoms with E-state index in [2.05, 4.69) is 25.8 Å². The predicted octanol–water partition coefficient (Wildman–Crippen LogP) is 8.13. The van der Waals surface area contributed by atoms with Gasteiger partial charge in [-0.05, 0) is 68.1 Å². The molecule has 0 bridgehead atoms. The molecule has 0 aliphatic heterocycles. The van der Waals surface area contributed by atoms with Gasteiger partial charge in [0.1, 0.15) is 28.7 Å². The third kappa shape index (κ3) is 7.90. The number of phenolic OH excluding ortho intramolecular Hbond substituents is 2. The Kier molecular flexibility index (Phi) is 11.0. The number of aromatic nitrogens is 3. The van der Waals surface area contributed by atoms with Gasteiger partial charge in [0.15, 0.2) is 17.5 Å². The third-order valence-electron chi connectivity index (χ3n) is 6.72. The smallest absolute Gasteiger partial charge is 0.167 e. The number of aromatic hydroxyl groups is 2. The average Bonchev–Trinajstić information content (AvgIpc) is 2.97. The summed E-state index contributed by atoms with van der Waals surface area (Å²) in [6, 6.07) is 16.1. The largest absolute Gasteiger partial charge is 0.507 e. The number of nitrogens with zero attached hydrogens (tertiary/aromatic N) is 3. The minimum absolute atomic E-state index is 0.0145. The van der Waals surface area contributed by atoms with Crippen LogP contribution in [-0.4, -0.2) is 45.0 Å². The second-order valence-electron chi connectivity index (χ2n) is 10.3. The molecular weight excluding hydrogens is 530 g/mol. The van der Waals surface area contributed by atoms with Gasteiger partial charge in [0.2, 0.25) is 0 Å². The van der Waals surface area contributed by atoms with E-state index in [1.807, 2.05) is 31.2 Å². The van der Waals surface area contributed by atoms with Crippen molar-refractivity contribution in [2.45, 2.75) is 66.2 Å². The molecule has 2 N–H and O–H groups in total. The first-order valence-corrected chi connectivity index (χ1v) is 14.9. The number of hydrogen-bond acceptors (Lipinski definition) is 8. The minimum atomic E-state index is -0.0145. The summed E-state index contributed by atoms with van der Waals surface area (Å²) in [4.78, 5) is 14.2. The van der Waals surface area contributed by atoms with Crippen molar-refractivity contribution in [3.05, 3.63) is 60.2 Å². The van der Waals surface area contributed by atoms with E-state index in [0.29, 0.717) is 59.6 Å². The van der Waals surface area contributed by atoms with E-state index in [1.165, 1.54) is 0 Å². The fourth-order valence-corrected chi connectivity index (χ4v) is 4.25. The van der Waals surface area contributed by atoms with Crippen LogP contribution in [0.5, 0.6) is 28.7 Å². The first kappa shape index (κ1) is 30.6. The Morgan fingerprint density at radius 3 is 1.52 bits per heavy atom. The quantitative estimate of drug-likeness (QED) is 0.138. The first-order valence-electron chi connectivity index (χ1n) is 14.9. The molecule has 0 fully saturated rings. The Morgan fingerprint density at radius 1 is 0.548 bits per heavy atom. The van der Waals surface area contributed by atoms with Crippen LogP contribution in [-0.2, 0) is 0 Å². The van der Waals surface area contributed by atoms with Crippen molar-refractivity contribution >= 4 is 0 Å². The lowest BCUT2D eigenvalue weighted by molar-refractivity contribution is 0.295. The summed E-state index contributed by atoms with van der Waals surface area (Å²) < 4.78 is 17.9. The maximum Gasteiger partial charge on any atom is 0.167 e. The topological polar surface area (TPSA) is 107 Å². The monoisotopic (exact) mass is 571 g/mol. The predicted molar refractivity (Wildman–Crippen MR) is 165 cm³/mol. The van der Waals surface area contributed by atoms with Crippen LogP contribution in [0.25, 0.3) is 34.2 Å². The highest BCUT2D eigenvalue weighted by Gasteiger charge is 2.20. The normalized spacial score (nSPS) is 11.0.